The second-order valence-corrected chi connectivity index (χ2v) is 12.4. The van der Waals surface area contributed by atoms with Gasteiger partial charge >= 0.3 is 5.97 Å². The van der Waals surface area contributed by atoms with Crippen LogP contribution >= 0.6 is 23.2 Å². The van der Waals surface area contributed by atoms with Gasteiger partial charge in [0.1, 0.15) is 42.6 Å². The Kier molecular flexibility index (Phi) is 15.3. The lowest BCUT2D eigenvalue weighted by Gasteiger charge is -2.19. The minimum Gasteiger partial charge on any atom is -0.492 e. The van der Waals surface area contributed by atoms with E-state index in [0.717, 1.165) is 22.3 Å². The zero-order valence-electron chi connectivity index (χ0n) is 27.9. The zero-order valence-corrected chi connectivity index (χ0v) is 29.5. The molecule has 0 spiro atoms. The topological polar surface area (TPSA) is 186 Å². The van der Waals surface area contributed by atoms with E-state index in [1.54, 1.807) is 30.5 Å². The molecule has 0 radical (unpaired) electrons. The Labute approximate surface area is 306 Å². The second-order valence-electron chi connectivity index (χ2n) is 11.6. The summed E-state index contributed by atoms with van der Waals surface area (Å²) in [6.45, 7) is 2.63. The highest BCUT2D eigenvalue weighted by molar-refractivity contribution is 6.35. The molecule has 0 unspecified atom stereocenters. The molecule has 4 rings (SSSR count). The van der Waals surface area contributed by atoms with Crippen LogP contribution < -0.4 is 24.8 Å². The lowest BCUT2D eigenvalue weighted by Crippen LogP contribution is -2.39. The largest absolute Gasteiger partial charge is 0.492 e. The summed E-state index contributed by atoms with van der Waals surface area (Å²) in [6.07, 6.45) is 2.90. The molecule has 270 valence electrons. The van der Waals surface area contributed by atoms with Gasteiger partial charge in [0.05, 0.1) is 41.5 Å². The highest BCUT2D eigenvalue weighted by Crippen LogP contribution is 2.38. The quantitative estimate of drug-likeness (QED) is 0.0691. The molecule has 6 N–H and O–H groups in total. The van der Waals surface area contributed by atoms with Crippen molar-refractivity contribution in [1.29, 1.82) is 5.26 Å². The van der Waals surface area contributed by atoms with E-state index < -0.39 is 24.7 Å². The van der Waals surface area contributed by atoms with E-state index in [0.29, 0.717) is 65.1 Å². The third-order valence-corrected chi connectivity index (χ3v) is 8.57. The molecule has 0 aliphatic carbocycles. The van der Waals surface area contributed by atoms with Crippen molar-refractivity contribution in [3.8, 4) is 34.4 Å². The Morgan fingerprint density at radius 1 is 0.941 bits per heavy atom. The molecule has 4 aromatic rings. The number of benzene rings is 3. The number of aromatic nitrogens is 1. The van der Waals surface area contributed by atoms with Gasteiger partial charge in [-0.1, -0.05) is 53.5 Å². The van der Waals surface area contributed by atoms with Crippen LogP contribution in [0.2, 0.25) is 10.0 Å². The first-order chi connectivity index (χ1) is 24.6. The van der Waals surface area contributed by atoms with Gasteiger partial charge in [-0.05, 0) is 54.8 Å². The van der Waals surface area contributed by atoms with Gasteiger partial charge in [0.25, 0.3) is 0 Å². The molecule has 0 saturated carbocycles. The van der Waals surface area contributed by atoms with E-state index >= 15 is 0 Å². The number of carbonyl (C=O) groups is 1. The average Bonchev–Trinajstić information content (AvgIpc) is 3.13. The first-order valence-electron chi connectivity index (χ1n) is 16.1. The van der Waals surface area contributed by atoms with E-state index in [1.165, 1.54) is 6.20 Å². The van der Waals surface area contributed by atoms with E-state index in [2.05, 4.69) is 15.6 Å². The summed E-state index contributed by atoms with van der Waals surface area (Å²) in [5.74, 6) is 0.0293. The Bertz CT molecular complexity index is 1820. The zero-order chi connectivity index (χ0) is 36.8. The van der Waals surface area contributed by atoms with Crippen molar-refractivity contribution in [3.63, 3.8) is 0 Å². The standard InChI is InChI=1S/C37H40Cl2N4O8/c1-23-26(5-2-6-29(23)30-7-3-8-33(36(30)39)49-10-4-9-41-18-28(46)19-44)22-51-35-13-34(50-21-25-11-24(14-40)15-42-16-25)27(12-31(35)38)17-43-32(20-45)37(47)48/h2-3,5-8,11-13,15-16,28,32,41,43-46H,4,9-10,17-22H2,1H3,(H,47,48)/t28-,32-/m0/s1. The van der Waals surface area contributed by atoms with Crippen molar-refractivity contribution in [2.24, 2.45) is 0 Å². The first kappa shape index (κ1) is 39.3. The molecule has 0 saturated heterocycles. The van der Waals surface area contributed by atoms with Crippen LogP contribution in [0.5, 0.6) is 17.2 Å². The predicted octanol–water partition coefficient (Wildman–Crippen LogP) is 4.64. The number of carboxylic acid groups (broad SMARTS) is 1. The number of pyridine rings is 1. The van der Waals surface area contributed by atoms with Crippen LogP contribution in [0.3, 0.4) is 0 Å². The van der Waals surface area contributed by atoms with E-state index in [4.69, 9.17) is 42.5 Å². The lowest BCUT2D eigenvalue weighted by atomic mass is 9.96. The normalized spacial score (nSPS) is 12.2. The first-order valence-corrected chi connectivity index (χ1v) is 16.9. The SMILES string of the molecule is Cc1c(COc2cc(OCc3cncc(C#N)c3)c(CN[C@@H](CO)C(=O)O)cc2Cl)cccc1-c1cccc(OCCCNC[C@H](O)CO)c1Cl. The second kappa shape index (κ2) is 19.8. The number of nitrogens with one attached hydrogen (secondary N) is 2. The van der Waals surface area contributed by atoms with Crippen molar-refractivity contribution < 1.29 is 39.4 Å². The number of aliphatic carboxylic acids is 1. The Morgan fingerprint density at radius 3 is 2.45 bits per heavy atom. The van der Waals surface area contributed by atoms with Crippen LogP contribution in [-0.4, -0.2) is 76.4 Å². The Hall–Kier alpha value is -4.45. The summed E-state index contributed by atoms with van der Waals surface area (Å²) in [7, 11) is 0. The highest BCUT2D eigenvalue weighted by atomic mass is 35.5. The molecule has 0 aliphatic heterocycles. The number of aliphatic hydroxyl groups is 3. The number of nitrogens with zero attached hydrogens (tertiary/aromatic N) is 2. The predicted molar refractivity (Wildman–Crippen MR) is 192 cm³/mol. The number of hydrogen-bond acceptors (Lipinski definition) is 11. The van der Waals surface area contributed by atoms with Crippen LogP contribution in [0.4, 0.5) is 0 Å². The summed E-state index contributed by atoms with van der Waals surface area (Å²) in [6, 6.07) is 17.2. The number of hydrogen-bond donors (Lipinski definition) is 6. The van der Waals surface area contributed by atoms with Crippen LogP contribution in [0.25, 0.3) is 11.1 Å². The number of nitriles is 1. The van der Waals surface area contributed by atoms with Gasteiger partial charge in [-0.3, -0.25) is 15.1 Å². The summed E-state index contributed by atoms with van der Waals surface area (Å²) < 4.78 is 18.3. The molecule has 0 fully saturated rings. The number of halogens is 2. The Balaban J connectivity index is 1.50. The molecule has 0 bridgehead atoms. The van der Waals surface area contributed by atoms with Crippen LogP contribution in [0.15, 0.2) is 67.0 Å². The monoisotopic (exact) mass is 738 g/mol. The third-order valence-electron chi connectivity index (χ3n) is 7.88. The number of rotatable bonds is 20. The van der Waals surface area contributed by atoms with Gasteiger partial charge in [-0.15, -0.1) is 0 Å². The van der Waals surface area contributed by atoms with E-state index in [9.17, 15) is 25.4 Å². The molecule has 0 amide bonds. The molecule has 12 nitrogen and oxygen atoms in total. The maximum Gasteiger partial charge on any atom is 0.323 e. The van der Waals surface area contributed by atoms with Crippen molar-refractivity contribution in [2.75, 3.05) is 32.9 Å². The van der Waals surface area contributed by atoms with Crippen LogP contribution in [0, 0.1) is 18.3 Å². The van der Waals surface area contributed by atoms with E-state index in [-0.39, 0.29) is 31.4 Å². The summed E-state index contributed by atoms with van der Waals surface area (Å²) in [4.78, 5) is 15.5. The highest BCUT2D eigenvalue weighted by Gasteiger charge is 2.19. The van der Waals surface area contributed by atoms with Crippen molar-refractivity contribution >= 4 is 29.2 Å². The molecule has 0 aliphatic rings. The minimum atomic E-state index is -1.20. The van der Waals surface area contributed by atoms with Gasteiger partial charge in [0, 0.05) is 48.2 Å². The van der Waals surface area contributed by atoms with Crippen LogP contribution in [-0.2, 0) is 24.6 Å². The van der Waals surface area contributed by atoms with Crippen LogP contribution in [0.1, 0.15) is 34.2 Å². The third kappa shape index (κ3) is 11.3. The van der Waals surface area contributed by atoms with Gasteiger partial charge in [0.15, 0.2) is 0 Å². The maximum absolute atomic E-state index is 11.5. The number of carboxylic acids is 1. The fourth-order valence-corrected chi connectivity index (χ4v) is 5.56. The lowest BCUT2D eigenvalue weighted by molar-refractivity contribution is -0.140. The van der Waals surface area contributed by atoms with Gasteiger partial charge < -0.3 is 40.0 Å². The fraction of sp³-hybridized carbons (Fsp3) is 0.324. The maximum atomic E-state index is 11.5. The summed E-state index contributed by atoms with van der Waals surface area (Å²) >= 11 is 13.5. The van der Waals surface area contributed by atoms with Crippen molar-refractivity contribution in [2.45, 2.75) is 45.2 Å². The number of aliphatic hydroxyl groups excluding tert-OH is 3. The van der Waals surface area contributed by atoms with Gasteiger partial charge in [-0.25, -0.2) is 0 Å². The van der Waals surface area contributed by atoms with Crippen molar-refractivity contribution in [3.05, 3.63) is 105 Å². The van der Waals surface area contributed by atoms with Gasteiger partial charge in [0.2, 0.25) is 0 Å². The molecule has 1 heterocycles. The molecule has 1 aromatic heterocycles. The minimum absolute atomic E-state index is 0.0275. The number of ether oxygens (including phenoxy) is 3. The molecular weight excluding hydrogens is 699 g/mol. The molecule has 51 heavy (non-hydrogen) atoms. The molecule has 14 heteroatoms. The molecule has 3 aromatic carbocycles. The summed E-state index contributed by atoms with van der Waals surface area (Å²) in [5, 5.41) is 53.0. The average molecular weight is 740 g/mol. The van der Waals surface area contributed by atoms with Gasteiger partial charge in [-0.2, -0.15) is 5.26 Å². The van der Waals surface area contributed by atoms with Crippen molar-refractivity contribution in [1.82, 2.24) is 15.6 Å². The fourth-order valence-electron chi connectivity index (χ4n) is 5.04. The smallest absolute Gasteiger partial charge is 0.323 e. The molecule has 2 atom stereocenters. The molecular formula is C37H40Cl2N4O8. The summed E-state index contributed by atoms with van der Waals surface area (Å²) in [5.41, 5.74) is 5.06. The Morgan fingerprint density at radius 2 is 1.71 bits per heavy atom. The van der Waals surface area contributed by atoms with E-state index in [1.807, 2.05) is 43.3 Å².